The van der Waals surface area contributed by atoms with Crippen LogP contribution < -0.4 is 5.32 Å². The number of rotatable bonds is 8. The van der Waals surface area contributed by atoms with Crippen LogP contribution in [0.25, 0.3) is 0 Å². The second-order valence-corrected chi connectivity index (χ2v) is 5.10. The highest BCUT2D eigenvalue weighted by Gasteiger charge is 2.22. The summed E-state index contributed by atoms with van der Waals surface area (Å²) in [4.78, 5) is 0. The van der Waals surface area contributed by atoms with E-state index < -0.39 is 11.2 Å². The van der Waals surface area contributed by atoms with Crippen LogP contribution in [0.2, 0.25) is 0 Å². The van der Waals surface area contributed by atoms with Crippen molar-refractivity contribution in [2.24, 2.45) is 0 Å². The minimum atomic E-state index is -0.656. The van der Waals surface area contributed by atoms with E-state index in [2.05, 4.69) is 19.2 Å². The topological polar surface area (TPSA) is 52.5 Å². The van der Waals surface area contributed by atoms with Gasteiger partial charge in [-0.25, -0.2) is 0 Å². The number of nitrogens with one attached hydrogen (secondary N) is 1. The first-order valence-electron chi connectivity index (χ1n) is 5.98. The van der Waals surface area contributed by atoms with E-state index in [9.17, 15) is 10.2 Å². The lowest BCUT2D eigenvalue weighted by atomic mass is 9.98. The van der Waals surface area contributed by atoms with Crippen molar-refractivity contribution in [3.63, 3.8) is 0 Å². The van der Waals surface area contributed by atoms with Gasteiger partial charge in [-0.2, -0.15) is 0 Å². The molecule has 0 aromatic carbocycles. The molecule has 0 amide bonds. The maximum atomic E-state index is 9.90. The first-order chi connectivity index (χ1) is 6.83. The van der Waals surface area contributed by atoms with Gasteiger partial charge in [0.1, 0.15) is 0 Å². The van der Waals surface area contributed by atoms with Crippen LogP contribution in [-0.4, -0.2) is 34.5 Å². The van der Waals surface area contributed by atoms with Crippen LogP contribution in [-0.2, 0) is 0 Å². The van der Waals surface area contributed by atoms with Gasteiger partial charge < -0.3 is 15.5 Å². The van der Waals surface area contributed by atoms with Gasteiger partial charge in [-0.3, -0.25) is 0 Å². The fourth-order valence-electron chi connectivity index (χ4n) is 1.86. The van der Waals surface area contributed by atoms with E-state index in [0.29, 0.717) is 13.1 Å². The Morgan fingerprint density at radius 3 is 1.47 bits per heavy atom. The molecule has 0 heterocycles. The van der Waals surface area contributed by atoms with Gasteiger partial charge in [0.25, 0.3) is 0 Å². The zero-order valence-corrected chi connectivity index (χ0v) is 10.6. The van der Waals surface area contributed by atoms with Gasteiger partial charge in [0.2, 0.25) is 0 Å². The van der Waals surface area contributed by atoms with Crippen molar-refractivity contribution in [2.45, 2.75) is 64.6 Å². The smallest absolute Gasteiger partial charge is 0.0743 e. The molecule has 3 nitrogen and oxygen atoms in total. The van der Waals surface area contributed by atoms with Crippen molar-refractivity contribution >= 4 is 0 Å². The fraction of sp³-hybridized carbons (Fsp3) is 1.00. The summed E-state index contributed by atoms with van der Waals surface area (Å²) in [5.41, 5.74) is -1.31. The van der Waals surface area contributed by atoms with Crippen LogP contribution in [0.5, 0.6) is 0 Å². The summed E-state index contributed by atoms with van der Waals surface area (Å²) < 4.78 is 0. The molecule has 0 rings (SSSR count). The zero-order chi connectivity index (χ0) is 11.9. The molecule has 0 radical (unpaired) electrons. The lowest BCUT2D eigenvalue weighted by Gasteiger charge is -2.27. The van der Waals surface area contributed by atoms with Gasteiger partial charge in [-0.1, -0.05) is 26.7 Å². The van der Waals surface area contributed by atoms with Crippen molar-refractivity contribution in [3.8, 4) is 0 Å². The van der Waals surface area contributed by atoms with E-state index in [0.717, 1.165) is 25.7 Å². The van der Waals surface area contributed by atoms with Crippen molar-refractivity contribution < 1.29 is 10.2 Å². The first-order valence-corrected chi connectivity index (χ1v) is 5.98. The molecule has 0 aliphatic rings. The van der Waals surface area contributed by atoms with Crippen LogP contribution in [0.15, 0.2) is 0 Å². The maximum absolute atomic E-state index is 9.90. The Hall–Kier alpha value is -0.120. The van der Waals surface area contributed by atoms with E-state index in [-0.39, 0.29) is 0 Å². The SMILES string of the molecule is CCCC(C)(O)CNCC(C)(O)CCC. The summed E-state index contributed by atoms with van der Waals surface area (Å²) >= 11 is 0. The summed E-state index contributed by atoms with van der Waals surface area (Å²) in [5, 5.41) is 22.9. The molecule has 0 spiro atoms. The highest BCUT2D eigenvalue weighted by Crippen LogP contribution is 2.13. The Morgan fingerprint density at radius 2 is 1.20 bits per heavy atom. The average Bonchev–Trinajstić information content (AvgIpc) is 2.02. The van der Waals surface area contributed by atoms with Crippen molar-refractivity contribution in [1.29, 1.82) is 0 Å². The molecule has 2 unspecified atom stereocenters. The predicted molar refractivity (Wildman–Crippen MR) is 63.9 cm³/mol. The fourth-order valence-corrected chi connectivity index (χ4v) is 1.86. The van der Waals surface area contributed by atoms with Gasteiger partial charge in [-0.15, -0.1) is 0 Å². The largest absolute Gasteiger partial charge is 0.389 e. The third kappa shape index (κ3) is 7.77. The summed E-state index contributed by atoms with van der Waals surface area (Å²) in [7, 11) is 0. The van der Waals surface area contributed by atoms with Crippen molar-refractivity contribution in [2.75, 3.05) is 13.1 Å². The lowest BCUT2D eigenvalue weighted by molar-refractivity contribution is 0.0248. The first kappa shape index (κ1) is 14.9. The van der Waals surface area contributed by atoms with Crippen LogP contribution in [0, 0.1) is 0 Å². The third-order valence-electron chi connectivity index (χ3n) is 2.59. The Labute approximate surface area is 93.9 Å². The molecule has 2 atom stereocenters. The van der Waals surface area contributed by atoms with Crippen LogP contribution in [0.3, 0.4) is 0 Å². The van der Waals surface area contributed by atoms with Gasteiger partial charge in [0.05, 0.1) is 11.2 Å². The van der Waals surface area contributed by atoms with E-state index in [4.69, 9.17) is 0 Å². The minimum absolute atomic E-state index is 0.542. The molecule has 3 N–H and O–H groups in total. The maximum Gasteiger partial charge on any atom is 0.0743 e. The van der Waals surface area contributed by atoms with Crippen molar-refractivity contribution in [1.82, 2.24) is 5.32 Å². The Morgan fingerprint density at radius 1 is 0.867 bits per heavy atom. The molecule has 15 heavy (non-hydrogen) atoms. The van der Waals surface area contributed by atoms with Crippen LogP contribution in [0.1, 0.15) is 53.4 Å². The number of hydrogen-bond acceptors (Lipinski definition) is 3. The van der Waals surface area contributed by atoms with Gasteiger partial charge >= 0.3 is 0 Å². The van der Waals surface area contributed by atoms with E-state index in [1.807, 2.05) is 13.8 Å². The van der Waals surface area contributed by atoms with E-state index in [1.165, 1.54) is 0 Å². The van der Waals surface area contributed by atoms with E-state index in [1.54, 1.807) is 0 Å². The molecular weight excluding hydrogens is 190 g/mol. The molecule has 92 valence electrons. The van der Waals surface area contributed by atoms with Gasteiger partial charge in [0.15, 0.2) is 0 Å². The molecule has 0 aliphatic heterocycles. The molecule has 0 saturated heterocycles. The highest BCUT2D eigenvalue weighted by molar-refractivity contribution is 4.79. The second-order valence-electron chi connectivity index (χ2n) is 5.10. The summed E-state index contributed by atoms with van der Waals surface area (Å²) in [6.45, 7) is 8.86. The zero-order valence-electron chi connectivity index (χ0n) is 10.6. The molecule has 0 aromatic rings. The van der Waals surface area contributed by atoms with E-state index >= 15 is 0 Å². The number of aliphatic hydroxyl groups is 2. The lowest BCUT2D eigenvalue weighted by Crippen LogP contribution is -2.44. The van der Waals surface area contributed by atoms with Gasteiger partial charge in [-0.05, 0) is 26.7 Å². The standard InChI is InChI=1S/C12H27NO2/c1-5-7-11(3,14)9-13-10-12(4,15)8-6-2/h13-15H,5-10H2,1-4H3. The summed E-state index contributed by atoms with van der Waals surface area (Å²) in [6.07, 6.45) is 3.52. The Kier molecular flexibility index (Phi) is 6.41. The quantitative estimate of drug-likeness (QED) is 0.580. The summed E-state index contributed by atoms with van der Waals surface area (Å²) in [6, 6.07) is 0. The van der Waals surface area contributed by atoms with Crippen LogP contribution in [0.4, 0.5) is 0 Å². The number of hydrogen-bond donors (Lipinski definition) is 3. The third-order valence-corrected chi connectivity index (χ3v) is 2.59. The Balaban J connectivity index is 3.77. The van der Waals surface area contributed by atoms with Crippen molar-refractivity contribution in [3.05, 3.63) is 0 Å². The molecular formula is C12H27NO2. The Bertz CT molecular complexity index is 149. The second kappa shape index (κ2) is 6.46. The van der Waals surface area contributed by atoms with Crippen LogP contribution >= 0.6 is 0 Å². The molecule has 0 fully saturated rings. The molecule has 0 aromatic heterocycles. The molecule has 0 aliphatic carbocycles. The molecule has 3 heteroatoms. The normalized spacial score (nSPS) is 19.6. The average molecular weight is 217 g/mol. The molecule has 0 saturated carbocycles. The van der Waals surface area contributed by atoms with Gasteiger partial charge in [0, 0.05) is 13.1 Å². The predicted octanol–water partition coefficient (Wildman–Crippen LogP) is 1.68. The highest BCUT2D eigenvalue weighted by atomic mass is 16.3. The molecule has 0 bridgehead atoms. The minimum Gasteiger partial charge on any atom is -0.389 e. The monoisotopic (exact) mass is 217 g/mol. The summed E-state index contributed by atoms with van der Waals surface area (Å²) in [5.74, 6) is 0.